The van der Waals surface area contributed by atoms with Gasteiger partial charge in [-0.15, -0.1) is 0 Å². The third kappa shape index (κ3) is 1.23. The van der Waals surface area contributed by atoms with Crippen LogP contribution in [0.25, 0.3) is 0 Å². The maximum absolute atomic E-state index is 9.10. The van der Waals surface area contributed by atoms with E-state index < -0.39 is 0 Å². The molecule has 0 saturated carbocycles. The molecule has 0 heterocycles. The van der Waals surface area contributed by atoms with Crippen LogP contribution >= 0.6 is 0 Å². The number of hydrogen-bond donors (Lipinski definition) is 1. The fourth-order valence-corrected chi connectivity index (χ4v) is 0.997. The number of aliphatic hydroxyl groups excluding tert-OH is 1. The van der Waals surface area contributed by atoms with E-state index in [4.69, 9.17) is 5.11 Å². The van der Waals surface area contributed by atoms with E-state index in [0.717, 1.165) is 6.42 Å². The molecule has 1 aliphatic carbocycles. The van der Waals surface area contributed by atoms with Gasteiger partial charge in [-0.05, 0) is 30.9 Å². The molecule has 1 heteroatoms. The van der Waals surface area contributed by atoms with Gasteiger partial charge in [0.25, 0.3) is 0 Å². The zero-order valence-electron chi connectivity index (χ0n) is 6.81. The molecule has 0 saturated heterocycles. The highest BCUT2D eigenvalue weighted by atomic mass is 16.3. The van der Waals surface area contributed by atoms with Crippen molar-refractivity contribution in [3.05, 3.63) is 23.5 Å². The molecular weight excluding hydrogens is 124 g/mol. The van der Waals surface area contributed by atoms with Crippen LogP contribution in [0.1, 0.15) is 27.2 Å². The minimum atomic E-state index is 0.242. The second-order valence-electron chi connectivity index (χ2n) is 3.54. The zero-order valence-corrected chi connectivity index (χ0v) is 6.81. The summed E-state index contributed by atoms with van der Waals surface area (Å²) in [5.74, 6) is 0.414. The summed E-state index contributed by atoms with van der Waals surface area (Å²) < 4.78 is 0. The van der Waals surface area contributed by atoms with Crippen LogP contribution in [-0.4, -0.2) is 5.11 Å². The van der Waals surface area contributed by atoms with Gasteiger partial charge in [-0.2, -0.15) is 0 Å². The topological polar surface area (TPSA) is 20.2 Å². The maximum atomic E-state index is 9.10. The Kier molecular flexibility index (Phi) is 1.59. The molecule has 1 nitrogen and oxygen atoms in total. The van der Waals surface area contributed by atoms with Crippen LogP contribution in [0.2, 0.25) is 0 Å². The molecule has 0 aromatic heterocycles. The smallest absolute Gasteiger partial charge is 0.111 e. The molecule has 0 fully saturated rings. The van der Waals surface area contributed by atoms with Crippen LogP contribution in [0.3, 0.4) is 0 Å². The molecule has 0 bridgehead atoms. The summed E-state index contributed by atoms with van der Waals surface area (Å²) in [6.45, 7) is 6.42. The zero-order chi connectivity index (χ0) is 7.78. The molecule has 0 atom stereocenters. The first-order chi connectivity index (χ1) is 4.52. The van der Waals surface area contributed by atoms with Crippen molar-refractivity contribution in [2.45, 2.75) is 27.2 Å². The van der Waals surface area contributed by atoms with Crippen LogP contribution in [0, 0.1) is 5.41 Å². The average Bonchev–Trinajstić information content (AvgIpc) is 1.81. The van der Waals surface area contributed by atoms with Gasteiger partial charge in [0, 0.05) is 0 Å². The van der Waals surface area contributed by atoms with Gasteiger partial charge in [-0.3, -0.25) is 0 Å². The molecule has 1 rings (SSSR count). The lowest BCUT2D eigenvalue weighted by Crippen LogP contribution is -2.14. The molecule has 10 heavy (non-hydrogen) atoms. The molecule has 0 unspecified atom stereocenters. The lowest BCUT2D eigenvalue weighted by atomic mass is 9.79. The Morgan fingerprint density at radius 3 is 2.50 bits per heavy atom. The highest BCUT2D eigenvalue weighted by Crippen LogP contribution is 2.34. The van der Waals surface area contributed by atoms with Crippen molar-refractivity contribution in [2.24, 2.45) is 5.41 Å². The first kappa shape index (κ1) is 7.39. The van der Waals surface area contributed by atoms with Gasteiger partial charge in [0.05, 0.1) is 0 Å². The van der Waals surface area contributed by atoms with Crippen LogP contribution < -0.4 is 0 Å². The predicted octanol–water partition coefficient (Wildman–Crippen LogP) is 2.80. The van der Waals surface area contributed by atoms with Gasteiger partial charge in [-0.25, -0.2) is 0 Å². The van der Waals surface area contributed by atoms with Gasteiger partial charge >= 0.3 is 0 Å². The Labute approximate surface area is 62.1 Å². The fraction of sp³-hybridized carbons (Fsp3) is 0.556. The third-order valence-corrected chi connectivity index (χ3v) is 2.25. The van der Waals surface area contributed by atoms with Crippen molar-refractivity contribution >= 4 is 0 Å². The molecular formula is C9H14O. The minimum absolute atomic E-state index is 0.242. The van der Waals surface area contributed by atoms with Crippen LogP contribution in [-0.2, 0) is 0 Å². The van der Waals surface area contributed by atoms with Crippen molar-refractivity contribution in [3.63, 3.8) is 0 Å². The van der Waals surface area contributed by atoms with Crippen molar-refractivity contribution in [1.29, 1.82) is 0 Å². The number of rotatable bonds is 0. The molecule has 1 aliphatic rings. The van der Waals surface area contributed by atoms with Gasteiger partial charge in [-0.1, -0.05) is 19.4 Å². The average molecular weight is 138 g/mol. The van der Waals surface area contributed by atoms with Gasteiger partial charge in [0.1, 0.15) is 5.76 Å². The summed E-state index contributed by atoms with van der Waals surface area (Å²) >= 11 is 0. The summed E-state index contributed by atoms with van der Waals surface area (Å²) in [6.07, 6.45) is 4.65. The molecule has 0 radical (unpaired) electrons. The summed E-state index contributed by atoms with van der Waals surface area (Å²) in [7, 11) is 0. The Hall–Kier alpha value is -0.720. The van der Waals surface area contributed by atoms with E-state index in [1.54, 1.807) is 0 Å². The Bertz CT molecular complexity index is 197. The summed E-state index contributed by atoms with van der Waals surface area (Å²) in [5, 5.41) is 9.10. The SMILES string of the molecule is CC1=CC(O)=CCC1(C)C. The van der Waals surface area contributed by atoms with E-state index in [-0.39, 0.29) is 5.41 Å². The first-order valence-electron chi connectivity index (χ1n) is 3.60. The fourth-order valence-electron chi connectivity index (χ4n) is 0.997. The molecule has 0 aliphatic heterocycles. The van der Waals surface area contributed by atoms with Crippen LogP contribution in [0.5, 0.6) is 0 Å². The Balaban J connectivity index is 2.88. The van der Waals surface area contributed by atoms with E-state index >= 15 is 0 Å². The standard InChI is InChI=1S/C9H14O/c1-7-6-8(10)4-5-9(7,2)3/h4,6,10H,5H2,1-3H3. The van der Waals surface area contributed by atoms with Crippen molar-refractivity contribution in [2.75, 3.05) is 0 Å². The monoisotopic (exact) mass is 138 g/mol. The third-order valence-electron chi connectivity index (χ3n) is 2.25. The normalized spacial score (nSPS) is 23.5. The number of aliphatic hydroxyl groups is 1. The van der Waals surface area contributed by atoms with Crippen molar-refractivity contribution < 1.29 is 5.11 Å². The quantitative estimate of drug-likeness (QED) is 0.545. The summed E-state index contributed by atoms with van der Waals surface area (Å²) in [5.41, 5.74) is 1.50. The highest BCUT2D eigenvalue weighted by Gasteiger charge is 2.21. The highest BCUT2D eigenvalue weighted by molar-refractivity contribution is 5.26. The molecule has 0 aromatic carbocycles. The lowest BCUT2D eigenvalue weighted by Gasteiger charge is -2.27. The second kappa shape index (κ2) is 2.15. The predicted molar refractivity (Wildman–Crippen MR) is 42.9 cm³/mol. The van der Waals surface area contributed by atoms with Gasteiger partial charge in [0.2, 0.25) is 0 Å². The largest absolute Gasteiger partial charge is 0.508 e. The molecule has 0 aromatic rings. The van der Waals surface area contributed by atoms with E-state index in [2.05, 4.69) is 20.8 Å². The molecule has 56 valence electrons. The van der Waals surface area contributed by atoms with E-state index in [9.17, 15) is 0 Å². The van der Waals surface area contributed by atoms with E-state index in [1.807, 2.05) is 12.2 Å². The molecule has 1 N–H and O–H groups in total. The van der Waals surface area contributed by atoms with Crippen LogP contribution in [0.4, 0.5) is 0 Å². The van der Waals surface area contributed by atoms with E-state index in [1.165, 1.54) is 5.57 Å². The summed E-state index contributed by atoms with van der Waals surface area (Å²) in [6, 6.07) is 0. The van der Waals surface area contributed by atoms with Gasteiger partial charge in [0.15, 0.2) is 0 Å². The number of hydrogen-bond acceptors (Lipinski definition) is 1. The number of allylic oxidation sites excluding steroid dienone is 3. The lowest BCUT2D eigenvalue weighted by molar-refractivity contribution is 0.386. The summed E-state index contributed by atoms with van der Waals surface area (Å²) in [4.78, 5) is 0. The molecule has 0 amide bonds. The Morgan fingerprint density at radius 1 is 1.50 bits per heavy atom. The van der Waals surface area contributed by atoms with Crippen molar-refractivity contribution in [1.82, 2.24) is 0 Å². The second-order valence-corrected chi connectivity index (χ2v) is 3.54. The van der Waals surface area contributed by atoms with Gasteiger partial charge < -0.3 is 5.11 Å². The Morgan fingerprint density at radius 2 is 2.10 bits per heavy atom. The maximum Gasteiger partial charge on any atom is 0.111 e. The van der Waals surface area contributed by atoms with E-state index in [0.29, 0.717) is 5.76 Å². The minimum Gasteiger partial charge on any atom is -0.508 e. The first-order valence-corrected chi connectivity index (χ1v) is 3.60. The van der Waals surface area contributed by atoms with Crippen LogP contribution in [0.15, 0.2) is 23.5 Å². The van der Waals surface area contributed by atoms with Crippen molar-refractivity contribution in [3.8, 4) is 0 Å². The molecule has 0 spiro atoms.